The molecule has 2 aliphatic heterocycles. The molecule has 91 heavy (non-hydrogen) atoms. The zero-order chi connectivity index (χ0) is 63.6. The van der Waals surface area contributed by atoms with Gasteiger partial charge in [-0.1, -0.05) is 301 Å². The van der Waals surface area contributed by atoms with Crippen LogP contribution in [0.5, 0.6) is 0 Å². The molecule has 0 saturated carbocycles. The predicted octanol–water partition coefficient (Wildman–Crippen LogP) is 27.0. The van der Waals surface area contributed by atoms with Crippen LogP contribution in [-0.4, -0.2) is 34.7 Å². The number of furan rings is 1. The minimum absolute atomic E-state index is 0.0404. The number of hydrogen-bond donors (Lipinski definition) is 0. The predicted molar refractivity (Wildman–Crippen MR) is 397 cm³/mol. The summed E-state index contributed by atoms with van der Waals surface area (Å²) in [5.41, 5.74) is 7.31. The first kappa shape index (κ1) is 70.3. The number of amides is 2. The second kappa shape index (κ2) is 37.8. The van der Waals surface area contributed by atoms with E-state index < -0.39 is 0 Å². The molecule has 4 aromatic carbocycles. The van der Waals surface area contributed by atoms with Gasteiger partial charge in [0.15, 0.2) is 0 Å². The second-order valence-electron chi connectivity index (χ2n) is 28.2. The average Bonchev–Trinajstić information content (AvgIpc) is 1.57. The summed E-state index contributed by atoms with van der Waals surface area (Å²) in [4.78, 5) is 41.0. The van der Waals surface area contributed by atoms with Crippen LogP contribution in [0.25, 0.3) is 65.3 Å². The molecule has 0 N–H and O–H groups in total. The van der Waals surface area contributed by atoms with Gasteiger partial charge in [-0.05, 0) is 116 Å². The Labute approximate surface area is 559 Å². The highest BCUT2D eigenvalue weighted by Gasteiger charge is 2.50. The zero-order valence-electron chi connectivity index (χ0n) is 57.9. The summed E-state index contributed by atoms with van der Waals surface area (Å²) in [5.74, 6) is 0.824. The number of carbonyl (C=O) groups excluding carboxylic acids is 2. The lowest BCUT2D eigenvalue weighted by atomic mass is 9.93. The van der Waals surface area contributed by atoms with E-state index in [0.29, 0.717) is 36.1 Å². The van der Waals surface area contributed by atoms with Crippen LogP contribution in [0.1, 0.15) is 305 Å². The molecule has 0 bridgehead atoms. The normalized spacial score (nSPS) is 14.4. The second-order valence-corrected chi connectivity index (χ2v) is 30.6. The summed E-state index contributed by atoms with van der Waals surface area (Å²) in [6, 6.07) is 31.2. The Hall–Kier alpha value is -4.98. The molecule has 0 spiro atoms. The summed E-state index contributed by atoms with van der Waals surface area (Å²) in [6.45, 7) is 14.9. The van der Waals surface area contributed by atoms with Crippen LogP contribution in [0.4, 0.5) is 0 Å². The molecule has 5 nitrogen and oxygen atoms in total. The van der Waals surface area contributed by atoms with E-state index in [1.807, 2.05) is 0 Å². The van der Waals surface area contributed by atoms with Crippen molar-refractivity contribution in [2.45, 2.75) is 298 Å². The van der Waals surface area contributed by atoms with Gasteiger partial charge < -0.3 is 14.2 Å². The lowest BCUT2D eigenvalue weighted by Crippen LogP contribution is -2.34. The molecule has 7 heteroatoms. The maximum absolute atomic E-state index is 16.2. The van der Waals surface area contributed by atoms with Crippen molar-refractivity contribution in [3.05, 3.63) is 116 Å². The van der Waals surface area contributed by atoms with Crippen LogP contribution in [0.15, 0.2) is 100 Å². The Kier molecular flexibility index (Phi) is 29.2. The van der Waals surface area contributed by atoms with Crippen molar-refractivity contribution in [3.8, 4) is 10.4 Å². The third-order valence-corrected chi connectivity index (χ3v) is 22.8. The minimum Gasteiger partial charge on any atom is -0.455 e. The SMILES string of the molecule is CCCCCCCCCCCCC(CCCCCCCCCC)CN1C(=O)C2=C(c3ccc(-c4ccc5c(ccc6c7ccc8cc(C)ccc8c7oc56)c4)s3)N(CC(CCCCCCCCCC)CCCCCCCCCCCC)C(=O)C2=C1c1ccc(C)s1. The fourth-order valence-corrected chi connectivity index (χ4v) is 17.2. The van der Waals surface area contributed by atoms with E-state index in [-0.39, 0.29) is 11.8 Å². The number of nitrogens with zero attached hydrogens (tertiary/aromatic N) is 2. The smallest absolute Gasteiger partial charge is 0.261 e. The average molecular weight is 1270 g/mol. The molecule has 2 atom stereocenters. The van der Waals surface area contributed by atoms with Gasteiger partial charge in [-0.2, -0.15) is 0 Å². The van der Waals surface area contributed by atoms with Gasteiger partial charge in [0, 0.05) is 44.4 Å². The van der Waals surface area contributed by atoms with E-state index in [0.717, 1.165) is 95.4 Å². The molecule has 2 aliphatic rings. The van der Waals surface area contributed by atoms with Crippen LogP contribution in [0.2, 0.25) is 0 Å². The lowest BCUT2D eigenvalue weighted by molar-refractivity contribution is -0.124. The van der Waals surface area contributed by atoms with E-state index in [1.54, 1.807) is 22.7 Å². The number of rotatable bonds is 47. The van der Waals surface area contributed by atoms with E-state index in [4.69, 9.17) is 4.42 Å². The summed E-state index contributed by atoms with van der Waals surface area (Å²) in [5, 5.41) is 6.87. The first-order chi connectivity index (χ1) is 44.7. The lowest BCUT2D eigenvalue weighted by Gasteiger charge is -2.29. The summed E-state index contributed by atoms with van der Waals surface area (Å²) < 4.78 is 6.84. The summed E-state index contributed by atoms with van der Waals surface area (Å²) >= 11 is 3.50. The van der Waals surface area contributed by atoms with Crippen LogP contribution in [0, 0.1) is 25.7 Å². The number of unbranched alkanes of at least 4 members (excludes halogenated alkanes) is 32. The van der Waals surface area contributed by atoms with E-state index in [2.05, 4.69) is 136 Å². The van der Waals surface area contributed by atoms with Crippen molar-refractivity contribution in [1.29, 1.82) is 0 Å². The molecule has 0 fully saturated rings. The van der Waals surface area contributed by atoms with Gasteiger partial charge in [0.25, 0.3) is 11.8 Å². The van der Waals surface area contributed by atoms with Crippen LogP contribution in [0.3, 0.4) is 0 Å². The largest absolute Gasteiger partial charge is 0.455 e. The maximum Gasteiger partial charge on any atom is 0.261 e. The van der Waals surface area contributed by atoms with Gasteiger partial charge >= 0.3 is 0 Å². The van der Waals surface area contributed by atoms with Crippen molar-refractivity contribution in [2.24, 2.45) is 11.8 Å². The molecule has 3 aromatic heterocycles. The zero-order valence-corrected chi connectivity index (χ0v) is 59.5. The van der Waals surface area contributed by atoms with Gasteiger partial charge in [-0.3, -0.25) is 9.59 Å². The van der Waals surface area contributed by atoms with Crippen molar-refractivity contribution in [1.82, 2.24) is 9.80 Å². The molecule has 2 unspecified atom stereocenters. The standard InChI is InChI=1S/C84H118N2O3S2/c1-7-11-15-19-23-27-29-33-37-41-44-65(43-39-35-31-25-21-17-13-9-3)61-85-79(75-56-48-64(6)90-75)77-78(84(85)88)80(86(83(77)87)62-66(45-40-36-32-26-22-18-14-10-4)46-42-38-34-30-28-24-20-16-12-8-2)76-58-57-74(91-76)69-51-53-71-68(60-69)50-55-73-72-54-49-67-59-63(5)47-52-70(67)81(72)89-82(71)73/h47-60,65-66H,7-46,61-62H2,1-6H3. The van der Waals surface area contributed by atoms with Crippen molar-refractivity contribution in [2.75, 3.05) is 13.1 Å². The monoisotopic (exact) mass is 1270 g/mol. The van der Waals surface area contributed by atoms with E-state index in [9.17, 15) is 0 Å². The number of benzene rings is 4. The first-order valence-electron chi connectivity index (χ1n) is 37.8. The number of aryl methyl sites for hydroxylation is 2. The third kappa shape index (κ3) is 19.6. The Balaban J connectivity index is 1.03. The maximum atomic E-state index is 16.2. The molecule has 494 valence electrons. The highest BCUT2D eigenvalue weighted by molar-refractivity contribution is 7.16. The fraction of sp³-hybridized carbons (Fsp3) is 0.595. The minimum atomic E-state index is 0.0404. The van der Waals surface area contributed by atoms with Crippen LogP contribution < -0.4 is 0 Å². The molecule has 7 aromatic rings. The number of fused-ring (bicyclic) bond motifs is 8. The van der Waals surface area contributed by atoms with Crippen molar-refractivity contribution < 1.29 is 14.0 Å². The van der Waals surface area contributed by atoms with E-state index >= 15 is 9.59 Å². The first-order valence-corrected chi connectivity index (χ1v) is 39.4. The Morgan fingerprint density at radius 1 is 0.352 bits per heavy atom. The topological polar surface area (TPSA) is 53.8 Å². The highest BCUT2D eigenvalue weighted by atomic mass is 32.1. The summed E-state index contributed by atoms with van der Waals surface area (Å²) in [7, 11) is 0. The van der Waals surface area contributed by atoms with Gasteiger partial charge in [-0.15, -0.1) is 22.7 Å². The summed E-state index contributed by atoms with van der Waals surface area (Å²) in [6.07, 6.45) is 51.7. The van der Waals surface area contributed by atoms with Gasteiger partial charge in [0.2, 0.25) is 0 Å². The number of hydrogen-bond acceptors (Lipinski definition) is 5. The molecule has 0 aliphatic carbocycles. The number of thiophene rings is 2. The molecular formula is C84H118N2O3S2. The Morgan fingerprint density at radius 2 is 0.692 bits per heavy atom. The Morgan fingerprint density at radius 3 is 1.09 bits per heavy atom. The van der Waals surface area contributed by atoms with Gasteiger partial charge in [-0.25, -0.2) is 0 Å². The molecule has 9 rings (SSSR count). The molecule has 5 heterocycles. The molecule has 2 amide bonds. The molecule has 0 saturated heterocycles. The Bertz CT molecular complexity index is 3420. The van der Waals surface area contributed by atoms with Gasteiger partial charge in [0.1, 0.15) is 11.2 Å². The number of carbonyl (C=O) groups is 2. The molecular weight excluding hydrogens is 1150 g/mol. The van der Waals surface area contributed by atoms with Crippen molar-refractivity contribution >= 4 is 89.4 Å². The van der Waals surface area contributed by atoms with Crippen LogP contribution in [-0.2, 0) is 9.59 Å². The molecule has 0 radical (unpaired) electrons. The quantitative estimate of drug-likeness (QED) is 0.0357. The van der Waals surface area contributed by atoms with Gasteiger partial charge in [0.05, 0.1) is 32.3 Å². The fourth-order valence-electron chi connectivity index (χ4n) is 15.2. The third-order valence-electron chi connectivity index (χ3n) is 20.6. The highest BCUT2D eigenvalue weighted by Crippen LogP contribution is 2.51. The van der Waals surface area contributed by atoms with E-state index in [1.165, 1.54) is 247 Å². The van der Waals surface area contributed by atoms with Crippen LogP contribution >= 0.6 is 22.7 Å². The van der Waals surface area contributed by atoms with Crippen molar-refractivity contribution in [3.63, 3.8) is 0 Å².